The molecule has 0 radical (unpaired) electrons. The Morgan fingerprint density at radius 3 is 2.04 bits per heavy atom. The Balaban J connectivity index is 1.84. The summed E-state index contributed by atoms with van der Waals surface area (Å²) >= 11 is 0. The standard InChI is InChI=1S/C20H18N4O4/c1-26-15-6-4-14(5-7-15)23-8-9-24-18(21-22-19(24)20(23)25)13-10-16(27-2)12-17(11-13)28-3/h4-12H,1-3H3. The van der Waals surface area contributed by atoms with Gasteiger partial charge in [0.25, 0.3) is 0 Å². The van der Waals surface area contributed by atoms with Crippen LogP contribution in [0.25, 0.3) is 22.7 Å². The second-order valence-electron chi connectivity index (χ2n) is 5.99. The van der Waals surface area contributed by atoms with Gasteiger partial charge in [-0.2, -0.15) is 0 Å². The average molecular weight is 378 g/mol. The molecule has 4 aromatic rings. The van der Waals surface area contributed by atoms with E-state index in [-0.39, 0.29) is 11.2 Å². The summed E-state index contributed by atoms with van der Waals surface area (Å²) in [6.07, 6.45) is 3.43. The Hall–Kier alpha value is -3.81. The largest absolute Gasteiger partial charge is 0.497 e. The Morgan fingerprint density at radius 1 is 0.786 bits per heavy atom. The zero-order valence-corrected chi connectivity index (χ0v) is 15.6. The summed E-state index contributed by atoms with van der Waals surface area (Å²) in [5.41, 5.74) is 1.38. The van der Waals surface area contributed by atoms with Gasteiger partial charge in [0.2, 0.25) is 5.65 Å². The van der Waals surface area contributed by atoms with Gasteiger partial charge in [0.1, 0.15) is 17.2 Å². The molecule has 0 aliphatic carbocycles. The van der Waals surface area contributed by atoms with E-state index >= 15 is 0 Å². The summed E-state index contributed by atoms with van der Waals surface area (Å²) in [4.78, 5) is 12.9. The summed E-state index contributed by atoms with van der Waals surface area (Å²) in [6, 6.07) is 12.6. The fourth-order valence-electron chi connectivity index (χ4n) is 2.97. The number of aromatic nitrogens is 4. The fourth-order valence-corrected chi connectivity index (χ4v) is 2.97. The molecule has 0 atom stereocenters. The number of hydrogen-bond acceptors (Lipinski definition) is 6. The van der Waals surface area contributed by atoms with Crippen LogP contribution >= 0.6 is 0 Å². The third kappa shape index (κ3) is 2.94. The fraction of sp³-hybridized carbons (Fsp3) is 0.150. The lowest BCUT2D eigenvalue weighted by molar-refractivity contribution is 0.394. The molecule has 0 fully saturated rings. The van der Waals surface area contributed by atoms with Crippen molar-refractivity contribution in [3.05, 3.63) is 65.2 Å². The van der Waals surface area contributed by atoms with Crippen molar-refractivity contribution in [2.45, 2.75) is 0 Å². The highest BCUT2D eigenvalue weighted by Gasteiger charge is 2.15. The third-order valence-electron chi connectivity index (χ3n) is 4.43. The predicted octanol–water partition coefficient (Wildman–Crippen LogP) is 2.57. The van der Waals surface area contributed by atoms with E-state index in [0.29, 0.717) is 23.0 Å². The van der Waals surface area contributed by atoms with Gasteiger partial charge in [-0.05, 0) is 36.4 Å². The van der Waals surface area contributed by atoms with E-state index in [0.717, 1.165) is 11.3 Å². The van der Waals surface area contributed by atoms with Crippen molar-refractivity contribution in [1.29, 1.82) is 0 Å². The molecule has 0 saturated carbocycles. The van der Waals surface area contributed by atoms with Crippen LogP contribution in [-0.4, -0.2) is 40.5 Å². The maximum absolute atomic E-state index is 12.9. The van der Waals surface area contributed by atoms with E-state index in [1.807, 2.05) is 12.1 Å². The lowest BCUT2D eigenvalue weighted by Gasteiger charge is -2.09. The van der Waals surface area contributed by atoms with Crippen LogP contribution in [0.4, 0.5) is 0 Å². The molecule has 2 heterocycles. The van der Waals surface area contributed by atoms with Crippen molar-refractivity contribution in [2.75, 3.05) is 21.3 Å². The molecule has 142 valence electrons. The molecular weight excluding hydrogens is 360 g/mol. The number of hydrogen-bond donors (Lipinski definition) is 0. The number of nitrogens with zero attached hydrogens (tertiary/aromatic N) is 4. The molecule has 0 unspecified atom stereocenters. The van der Waals surface area contributed by atoms with E-state index in [2.05, 4.69) is 10.2 Å². The Morgan fingerprint density at radius 2 is 1.43 bits per heavy atom. The molecule has 0 spiro atoms. The summed E-state index contributed by atoms with van der Waals surface area (Å²) in [5, 5.41) is 8.31. The number of methoxy groups -OCH3 is 3. The van der Waals surface area contributed by atoms with Crippen LogP contribution in [0.2, 0.25) is 0 Å². The van der Waals surface area contributed by atoms with E-state index in [1.54, 1.807) is 68.5 Å². The number of benzene rings is 2. The summed E-state index contributed by atoms with van der Waals surface area (Å²) < 4.78 is 19.0. The van der Waals surface area contributed by atoms with Crippen LogP contribution in [0.1, 0.15) is 0 Å². The molecule has 2 aromatic carbocycles. The van der Waals surface area contributed by atoms with Crippen molar-refractivity contribution in [2.24, 2.45) is 0 Å². The minimum Gasteiger partial charge on any atom is -0.497 e. The molecule has 0 N–H and O–H groups in total. The Bertz CT molecular complexity index is 1170. The van der Waals surface area contributed by atoms with Crippen molar-refractivity contribution in [3.8, 4) is 34.3 Å². The highest BCUT2D eigenvalue weighted by Crippen LogP contribution is 2.28. The zero-order chi connectivity index (χ0) is 19.7. The number of ether oxygens (including phenoxy) is 3. The first-order chi connectivity index (χ1) is 13.6. The van der Waals surface area contributed by atoms with Gasteiger partial charge in [0, 0.05) is 29.7 Å². The van der Waals surface area contributed by atoms with Gasteiger partial charge in [-0.15, -0.1) is 10.2 Å². The molecule has 0 aliphatic heterocycles. The smallest absolute Gasteiger partial charge is 0.300 e. The molecule has 4 rings (SSSR count). The van der Waals surface area contributed by atoms with Crippen LogP contribution in [0.15, 0.2) is 59.7 Å². The topological polar surface area (TPSA) is 79.9 Å². The third-order valence-corrected chi connectivity index (χ3v) is 4.43. The predicted molar refractivity (Wildman–Crippen MR) is 104 cm³/mol. The maximum Gasteiger partial charge on any atom is 0.300 e. The SMILES string of the molecule is COc1ccc(-n2ccn3c(-c4cc(OC)cc(OC)c4)nnc3c2=O)cc1. The molecule has 0 amide bonds. The van der Waals surface area contributed by atoms with E-state index in [4.69, 9.17) is 14.2 Å². The van der Waals surface area contributed by atoms with E-state index in [9.17, 15) is 4.79 Å². The highest BCUT2D eigenvalue weighted by molar-refractivity contribution is 5.63. The monoisotopic (exact) mass is 378 g/mol. The summed E-state index contributed by atoms with van der Waals surface area (Å²) in [7, 11) is 4.75. The van der Waals surface area contributed by atoms with Gasteiger partial charge >= 0.3 is 5.56 Å². The first-order valence-electron chi connectivity index (χ1n) is 8.49. The van der Waals surface area contributed by atoms with Crippen molar-refractivity contribution in [3.63, 3.8) is 0 Å². The molecular formula is C20H18N4O4. The maximum atomic E-state index is 12.9. The summed E-state index contributed by atoms with van der Waals surface area (Å²) in [6.45, 7) is 0. The normalized spacial score (nSPS) is 10.8. The molecule has 28 heavy (non-hydrogen) atoms. The molecule has 8 heteroatoms. The van der Waals surface area contributed by atoms with Crippen LogP contribution in [-0.2, 0) is 0 Å². The second kappa shape index (κ2) is 7.07. The van der Waals surface area contributed by atoms with Crippen LogP contribution in [0, 0.1) is 0 Å². The minimum atomic E-state index is -0.277. The molecule has 0 aliphatic rings. The first kappa shape index (κ1) is 17.6. The molecule has 8 nitrogen and oxygen atoms in total. The Labute approximate surface area is 160 Å². The lowest BCUT2D eigenvalue weighted by Crippen LogP contribution is -2.20. The van der Waals surface area contributed by atoms with Crippen LogP contribution in [0.3, 0.4) is 0 Å². The van der Waals surface area contributed by atoms with E-state index < -0.39 is 0 Å². The first-order valence-corrected chi connectivity index (χ1v) is 8.49. The molecule has 0 bridgehead atoms. The quantitative estimate of drug-likeness (QED) is 0.531. The van der Waals surface area contributed by atoms with Crippen LogP contribution < -0.4 is 19.8 Å². The highest BCUT2D eigenvalue weighted by atomic mass is 16.5. The molecule has 2 aromatic heterocycles. The number of rotatable bonds is 5. The Kier molecular flexibility index (Phi) is 4.44. The van der Waals surface area contributed by atoms with Crippen LogP contribution in [0.5, 0.6) is 17.2 Å². The van der Waals surface area contributed by atoms with Crippen molar-refractivity contribution >= 4 is 5.65 Å². The number of fused-ring (bicyclic) bond motifs is 1. The van der Waals surface area contributed by atoms with Crippen molar-refractivity contribution in [1.82, 2.24) is 19.2 Å². The van der Waals surface area contributed by atoms with Gasteiger partial charge in [-0.3, -0.25) is 13.8 Å². The van der Waals surface area contributed by atoms with Crippen molar-refractivity contribution < 1.29 is 14.2 Å². The molecule has 0 saturated heterocycles. The van der Waals surface area contributed by atoms with Gasteiger partial charge in [0.15, 0.2) is 5.82 Å². The minimum absolute atomic E-state index is 0.218. The van der Waals surface area contributed by atoms with Gasteiger partial charge < -0.3 is 14.2 Å². The van der Waals surface area contributed by atoms with Gasteiger partial charge in [0.05, 0.1) is 21.3 Å². The zero-order valence-electron chi connectivity index (χ0n) is 15.6. The van der Waals surface area contributed by atoms with E-state index in [1.165, 1.54) is 4.57 Å². The lowest BCUT2D eigenvalue weighted by atomic mass is 10.2. The summed E-state index contributed by atoms with van der Waals surface area (Å²) in [5.74, 6) is 2.48. The van der Waals surface area contributed by atoms with Gasteiger partial charge in [-0.25, -0.2) is 0 Å². The second-order valence-corrected chi connectivity index (χ2v) is 5.99. The van der Waals surface area contributed by atoms with Gasteiger partial charge in [-0.1, -0.05) is 0 Å². The average Bonchev–Trinajstić information content (AvgIpc) is 3.19.